The van der Waals surface area contributed by atoms with Gasteiger partial charge in [0.1, 0.15) is 0 Å². The van der Waals surface area contributed by atoms with E-state index < -0.39 is 11.7 Å². The van der Waals surface area contributed by atoms with Gasteiger partial charge in [0, 0.05) is 5.56 Å². The van der Waals surface area contributed by atoms with Crippen molar-refractivity contribution in [3.8, 4) is 11.8 Å². The average molecular weight is 344 g/mol. The van der Waals surface area contributed by atoms with Crippen LogP contribution in [0.2, 0.25) is 0 Å². The summed E-state index contributed by atoms with van der Waals surface area (Å²) in [6.45, 7) is 0. The fraction of sp³-hybridized carbons (Fsp3) is 0.100. The zero-order valence-electron chi connectivity index (χ0n) is 13.0. The van der Waals surface area contributed by atoms with Crippen LogP contribution in [0.3, 0.4) is 0 Å². The van der Waals surface area contributed by atoms with Crippen LogP contribution in [0.5, 0.6) is 0 Å². The van der Waals surface area contributed by atoms with Crippen molar-refractivity contribution in [2.45, 2.75) is 6.18 Å². The van der Waals surface area contributed by atoms with E-state index in [9.17, 15) is 13.2 Å². The second-order valence-corrected chi connectivity index (χ2v) is 5.59. The van der Waals surface area contributed by atoms with Crippen molar-refractivity contribution >= 4 is 17.3 Å². The van der Waals surface area contributed by atoms with E-state index >= 15 is 0 Å². The van der Waals surface area contributed by atoms with Crippen LogP contribution in [-0.2, 0) is 6.18 Å². The Morgan fingerprint density at radius 1 is 1.00 bits per heavy atom. The minimum atomic E-state index is -4.33. The van der Waals surface area contributed by atoms with Gasteiger partial charge >= 0.3 is 6.18 Å². The molecule has 2 aromatic rings. The van der Waals surface area contributed by atoms with Gasteiger partial charge in [0.05, 0.1) is 5.56 Å². The summed E-state index contributed by atoms with van der Waals surface area (Å²) >= 11 is 1.51. The van der Waals surface area contributed by atoms with Crippen LogP contribution in [0.15, 0.2) is 72.2 Å². The summed E-state index contributed by atoms with van der Waals surface area (Å²) in [5, 5.41) is 1.87. The summed E-state index contributed by atoms with van der Waals surface area (Å²) in [4.78, 5) is 0. The van der Waals surface area contributed by atoms with Gasteiger partial charge in [0.15, 0.2) is 0 Å². The first-order valence-corrected chi connectivity index (χ1v) is 8.43. The fourth-order valence-corrected chi connectivity index (χ4v) is 2.22. The highest BCUT2D eigenvalue weighted by molar-refractivity contribution is 8.01. The van der Waals surface area contributed by atoms with Gasteiger partial charge in [-0.15, -0.1) is 11.8 Å². The Hall–Kier alpha value is -2.38. The van der Waals surface area contributed by atoms with E-state index in [1.165, 1.54) is 23.9 Å². The van der Waals surface area contributed by atoms with E-state index in [4.69, 9.17) is 0 Å². The molecule has 0 amide bonds. The molecule has 0 aliphatic rings. The van der Waals surface area contributed by atoms with Gasteiger partial charge in [-0.2, -0.15) is 13.2 Å². The van der Waals surface area contributed by atoms with Crippen molar-refractivity contribution < 1.29 is 13.2 Å². The minimum Gasteiger partial charge on any atom is -0.166 e. The zero-order chi connectivity index (χ0) is 17.4. The normalized spacial score (nSPS) is 12.1. The molecule has 0 saturated carbocycles. The van der Waals surface area contributed by atoms with E-state index in [1.54, 1.807) is 6.08 Å². The molecule has 0 saturated heterocycles. The summed E-state index contributed by atoms with van der Waals surface area (Å²) in [5.41, 5.74) is 1.68. The quantitative estimate of drug-likeness (QED) is 0.485. The lowest BCUT2D eigenvalue weighted by atomic mass is 10.0. The lowest BCUT2D eigenvalue weighted by Crippen LogP contribution is -2.04. The van der Waals surface area contributed by atoms with Crippen LogP contribution in [0.4, 0.5) is 13.2 Å². The molecule has 0 nitrogen and oxygen atoms in total. The van der Waals surface area contributed by atoms with Crippen LogP contribution in [0.25, 0.3) is 5.57 Å². The molecule has 2 rings (SSSR count). The second-order valence-electron chi connectivity index (χ2n) is 4.85. The molecule has 0 radical (unpaired) electrons. The highest BCUT2D eigenvalue weighted by Gasteiger charge is 2.29. The number of hydrogen-bond acceptors (Lipinski definition) is 1. The summed E-state index contributed by atoms with van der Waals surface area (Å²) in [7, 11) is 0. The van der Waals surface area contributed by atoms with Crippen molar-refractivity contribution in [3.05, 3.63) is 88.8 Å². The summed E-state index contributed by atoms with van der Waals surface area (Å²) in [6.07, 6.45) is 1.14. The maximum Gasteiger partial charge on any atom is 0.416 e. The smallest absolute Gasteiger partial charge is 0.166 e. The Bertz CT molecular complexity index is 774. The Kier molecular flexibility index (Phi) is 6.34. The van der Waals surface area contributed by atoms with E-state index in [1.807, 2.05) is 48.1 Å². The number of hydrogen-bond donors (Lipinski definition) is 0. The van der Waals surface area contributed by atoms with E-state index in [-0.39, 0.29) is 0 Å². The molecule has 122 valence electrons. The molecule has 4 heteroatoms. The molecule has 0 atom stereocenters. The maximum atomic E-state index is 12.7. The van der Waals surface area contributed by atoms with E-state index in [0.29, 0.717) is 5.56 Å². The predicted molar refractivity (Wildman–Crippen MR) is 95.4 cm³/mol. The van der Waals surface area contributed by atoms with Gasteiger partial charge in [-0.25, -0.2) is 0 Å². The summed E-state index contributed by atoms with van der Waals surface area (Å²) in [5.74, 6) is 5.97. The Labute approximate surface area is 144 Å². The van der Waals surface area contributed by atoms with Gasteiger partial charge in [-0.05, 0) is 59.2 Å². The van der Waals surface area contributed by atoms with Crippen molar-refractivity contribution in [3.63, 3.8) is 0 Å². The van der Waals surface area contributed by atoms with Crippen LogP contribution in [-0.4, -0.2) is 6.26 Å². The molecule has 0 unspecified atom stereocenters. The monoisotopic (exact) mass is 344 g/mol. The lowest BCUT2D eigenvalue weighted by Gasteiger charge is -2.07. The van der Waals surface area contributed by atoms with Crippen LogP contribution >= 0.6 is 11.8 Å². The molecular weight excluding hydrogens is 329 g/mol. The Balaban J connectivity index is 2.30. The van der Waals surface area contributed by atoms with Crippen molar-refractivity contribution in [1.29, 1.82) is 0 Å². The van der Waals surface area contributed by atoms with Gasteiger partial charge in [-0.1, -0.05) is 42.2 Å². The number of thioether (sulfide) groups is 1. The minimum absolute atomic E-state index is 0.658. The van der Waals surface area contributed by atoms with Crippen molar-refractivity contribution in [2.24, 2.45) is 0 Å². The SMILES string of the molecule is CS/C=C/C(=C/C#Cc1ccccc1)c1ccc(C(F)(F)F)cc1. The molecule has 0 bridgehead atoms. The maximum absolute atomic E-state index is 12.7. The summed E-state index contributed by atoms with van der Waals surface area (Å²) in [6, 6.07) is 14.6. The first-order chi connectivity index (χ1) is 11.5. The first-order valence-electron chi connectivity index (χ1n) is 7.14. The molecule has 0 aliphatic heterocycles. The van der Waals surface area contributed by atoms with Gasteiger partial charge < -0.3 is 0 Å². The molecule has 2 aromatic carbocycles. The number of benzene rings is 2. The topological polar surface area (TPSA) is 0 Å². The number of allylic oxidation sites excluding steroid dienone is 3. The molecule has 0 heterocycles. The Morgan fingerprint density at radius 3 is 2.25 bits per heavy atom. The van der Waals surface area contributed by atoms with E-state index in [0.717, 1.165) is 23.3 Å². The molecule has 0 N–H and O–H groups in total. The first kappa shape index (κ1) is 18.0. The Morgan fingerprint density at radius 2 is 1.67 bits per heavy atom. The highest BCUT2D eigenvalue weighted by Crippen LogP contribution is 2.30. The molecule has 0 spiro atoms. The molecule has 0 fully saturated rings. The third-order valence-electron chi connectivity index (χ3n) is 3.15. The molecule has 0 aliphatic carbocycles. The van der Waals surface area contributed by atoms with Crippen LogP contribution < -0.4 is 0 Å². The number of halogens is 3. The third-order valence-corrected chi connectivity index (χ3v) is 3.56. The van der Waals surface area contributed by atoms with Crippen molar-refractivity contribution in [1.82, 2.24) is 0 Å². The average Bonchev–Trinajstić information content (AvgIpc) is 2.58. The van der Waals surface area contributed by atoms with E-state index in [2.05, 4.69) is 11.8 Å². The lowest BCUT2D eigenvalue weighted by molar-refractivity contribution is -0.137. The molecular formula is C20H15F3S. The standard InChI is InChI=1S/C20H15F3S/c1-24-15-14-17(9-5-8-16-6-3-2-4-7-16)18-10-12-19(13-11-18)20(21,22)23/h2-4,6-7,9-15H,1H3/b15-14+,17-9-. The largest absolute Gasteiger partial charge is 0.416 e. The predicted octanol–water partition coefficient (Wildman–Crippen LogP) is 6.02. The molecule has 0 aromatic heterocycles. The van der Waals surface area contributed by atoms with Crippen molar-refractivity contribution in [2.75, 3.05) is 6.26 Å². The van der Waals surface area contributed by atoms with Crippen LogP contribution in [0, 0.1) is 11.8 Å². The van der Waals surface area contributed by atoms with Crippen LogP contribution in [0.1, 0.15) is 16.7 Å². The van der Waals surface area contributed by atoms with Gasteiger partial charge in [0.2, 0.25) is 0 Å². The third kappa shape index (κ3) is 5.36. The van der Waals surface area contributed by atoms with Gasteiger partial charge in [0.25, 0.3) is 0 Å². The number of rotatable bonds is 3. The summed E-state index contributed by atoms with van der Waals surface area (Å²) < 4.78 is 38.0. The number of alkyl halides is 3. The molecule has 24 heavy (non-hydrogen) atoms. The van der Waals surface area contributed by atoms with Gasteiger partial charge in [-0.3, -0.25) is 0 Å². The second kappa shape index (κ2) is 8.47. The highest BCUT2D eigenvalue weighted by atomic mass is 32.2. The zero-order valence-corrected chi connectivity index (χ0v) is 13.8. The fourth-order valence-electron chi connectivity index (χ4n) is 1.94.